The van der Waals surface area contributed by atoms with E-state index in [-0.39, 0.29) is 11.8 Å². The predicted octanol–water partition coefficient (Wildman–Crippen LogP) is 3.00. The van der Waals surface area contributed by atoms with Gasteiger partial charge in [0.05, 0.1) is 17.8 Å². The topological polar surface area (TPSA) is 41.5 Å². The summed E-state index contributed by atoms with van der Waals surface area (Å²) in [5.41, 5.74) is 0.503. The summed E-state index contributed by atoms with van der Waals surface area (Å²) >= 11 is 0. The molecule has 1 aliphatic rings. The maximum atomic E-state index is 12.3. The van der Waals surface area contributed by atoms with Gasteiger partial charge in [-0.15, -0.1) is 0 Å². The molecule has 2 unspecified atom stereocenters. The number of anilines is 1. The number of aliphatic hydroxyl groups is 1. The molecule has 1 fully saturated rings. The highest BCUT2D eigenvalue weighted by molar-refractivity contribution is 5.57. The monoisotopic (exact) mass is 257 g/mol. The van der Waals surface area contributed by atoms with Crippen LogP contribution in [0.5, 0.6) is 5.75 Å². The van der Waals surface area contributed by atoms with E-state index in [2.05, 4.69) is 10.1 Å². The summed E-state index contributed by atoms with van der Waals surface area (Å²) in [4.78, 5) is 0. The normalized spacial score (nSPS) is 24.0. The lowest BCUT2D eigenvalue weighted by Gasteiger charge is -2.29. The van der Waals surface area contributed by atoms with Crippen LogP contribution in [0.2, 0.25) is 0 Å². The fraction of sp³-hybridized carbons (Fsp3) is 0.538. The number of rotatable bonds is 4. The fourth-order valence-electron chi connectivity index (χ4n) is 2.26. The van der Waals surface area contributed by atoms with Crippen LogP contribution in [0.1, 0.15) is 25.7 Å². The number of alkyl halides is 2. The molecule has 1 aromatic rings. The first-order chi connectivity index (χ1) is 8.66. The van der Waals surface area contributed by atoms with Crippen LogP contribution < -0.4 is 10.1 Å². The highest BCUT2D eigenvalue weighted by Gasteiger charge is 2.23. The van der Waals surface area contributed by atoms with E-state index in [1.807, 2.05) is 0 Å². The van der Waals surface area contributed by atoms with Gasteiger partial charge < -0.3 is 15.2 Å². The summed E-state index contributed by atoms with van der Waals surface area (Å²) in [6, 6.07) is 6.46. The second-order valence-corrected chi connectivity index (χ2v) is 4.48. The van der Waals surface area contributed by atoms with Crippen molar-refractivity contribution in [2.75, 3.05) is 5.32 Å². The molecule has 2 atom stereocenters. The number of hydrogen-bond acceptors (Lipinski definition) is 3. The van der Waals surface area contributed by atoms with E-state index in [0.717, 1.165) is 25.7 Å². The molecule has 2 N–H and O–H groups in total. The molecule has 0 amide bonds. The summed E-state index contributed by atoms with van der Waals surface area (Å²) in [5.74, 6) is 0.116. The third-order valence-electron chi connectivity index (χ3n) is 3.17. The lowest BCUT2D eigenvalue weighted by molar-refractivity contribution is -0.0494. The van der Waals surface area contributed by atoms with Crippen molar-refractivity contribution in [3.63, 3.8) is 0 Å². The van der Waals surface area contributed by atoms with Gasteiger partial charge in [0.2, 0.25) is 0 Å². The Morgan fingerprint density at radius 1 is 1.22 bits per heavy atom. The number of hydrogen-bond donors (Lipinski definition) is 2. The molecule has 5 heteroatoms. The average molecular weight is 257 g/mol. The molecule has 100 valence electrons. The van der Waals surface area contributed by atoms with Gasteiger partial charge in [0.15, 0.2) is 0 Å². The summed E-state index contributed by atoms with van der Waals surface area (Å²) in [7, 11) is 0. The predicted molar refractivity (Wildman–Crippen MR) is 65.0 cm³/mol. The minimum Gasteiger partial charge on any atom is -0.433 e. The van der Waals surface area contributed by atoms with E-state index in [1.165, 1.54) is 6.07 Å². The van der Waals surface area contributed by atoms with Gasteiger partial charge in [0, 0.05) is 0 Å². The maximum absolute atomic E-state index is 12.3. The van der Waals surface area contributed by atoms with Gasteiger partial charge in [-0.2, -0.15) is 8.78 Å². The third kappa shape index (κ3) is 3.32. The van der Waals surface area contributed by atoms with Gasteiger partial charge >= 0.3 is 6.61 Å². The maximum Gasteiger partial charge on any atom is 0.387 e. The molecule has 2 rings (SSSR count). The standard InChI is InChI=1S/C13H17F2NO2/c14-13(15)18-12-8-4-2-6-10(12)16-9-5-1-3-7-11(9)17/h2,4,6,8-9,11,13,16-17H,1,3,5,7H2. The van der Waals surface area contributed by atoms with E-state index in [4.69, 9.17) is 0 Å². The van der Waals surface area contributed by atoms with Crippen molar-refractivity contribution in [1.82, 2.24) is 0 Å². The van der Waals surface area contributed by atoms with E-state index in [9.17, 15) is 13.9 Å². The molecular formula is C13H17F2NO2. The lowest BCUT2D eigenvalue weighted by atomic mass is 9.92. The zero-order chi connectivity index (χ0) is 13.0. The molecule has 0 heterocycles. The van der Waals surface area contributed by atoms with Gasteiger partial charge in [-0.25, -0.2) is 0 Å². The number of nitrogens with one attached hydrogen (secondary N) is 1. The smallest absolute Gasteiger partial charge is 0.387 e. The number of halogens is 2. The SMILES string of the molecule is OC1CCCCC1Nc1ccccc1OC(F)F. The first-order valence-corrected chi connectivity index (χ1v) is 6.15. The molecule has 0 aliphatic heterocycles. The Hall–Kier alpha value is -1.36. The number of aliphatic hydroxyl groups excluding tert-OH is 1. The molecule has 0 aromatic heterocycles. The summed E-state index contributed by atoms with van der Waals surface area (Å²) < 4.78 is 29.0. The Morgan fingerprint density at radius 3 is 2.67 bits per heavy atom. The minimum absolute atomic E-state index is 0.0961. The van der Waals surface area contributed by atoms with Crippen molar-refractivity contribution < 1.29 is 18.6 Å². The van der Waals surface area contributed by atoms with Crippen molar-refractivity contribution in [2.24, 2.45) is 0 Å². The second kappa shape index (κ2) is 6.00. The zero-order valence-corrected chi connectivity index (χ0v) is 9.98. The molecular weight excluding hydrogens is 240 g/mol. The minimum atomic E-state index is -2.84. The summed E-state index contributed by atoms with van der Waals surface area (Å²) in [5, 5.41) is 12.9. The van der Waals surface area contributed by atoms with Crippen LogP contribution in [0.25, 0.3) is 0 Å². The first kappa shape index (κ1) is 13.1. The van der Waals surface area contributed by atoms with E-state index in [0.29, 0.717) is 5.69 Å². The van der Waals surface area contributed by atoms with Crippen molar-refractivity contribution in [3.8, 4) is 5.75 Å². The van der Waals surface area contributed by atoms with Gasteiger partial charge in [0.25, 0.3) is 0 Å². The highest BCUT2D eigenvalue weighted by atomic mass is 19.3. The highest BCUT2D eigenvalue weighted by Crippen LogP contribution is 2.29. The quantitative estimate of drug-likeness (QED) is 0.871. The van der Waals surface area contributed by atoms with Crippen LogP contribution >= 0.6 is 0 Å². The van der Waals surface area contributed by atoms with Crippen LogP contribution in [-0.4, -0.2) is 23.9 Å². The molecule has 1 saturated carbocycles. The van der Waals surface area contributed by atoms with E-state index >= 15 is 0 Å². The second-order valence-electron chi connectivity index (χ2n) is 4.48. The Morgan fingerprint density at radius 2 is 1.94 bits per heavy atom. The van der Waals surface area contributed by atoms with Crippen molar-refractivity contribution >= 4 is 5.69 Å². The Kier molecular flexibility index (Phi) is 4.36. The Balaban J connectivity index is 2.07. The van der Waals surface area contributed by atoms with E-state index in [1.54, 1.807) is 18.2 Å². The van der Waals surface area contributed by atoms with Crippen LogP contribution in [0.4, 0.5) is 14.5 Å². The molecule has 0 bridgehead atoms. The van der Waals surface area contributed by atoms with Crippen LogP contribution in [-0.2, 0) is 0 Å². The molecule has 1 aliphatic carbocycles. The van der Waals surface area contributed by atoms with Gasteiger partial charge in [-0.1, -0.05) is 25.0 Å². The molecule has 0 spiro atoms. The van der Waals surface area contributed by atoms with Crippen molar-refractivity contribution in [3.05, 3.63) is 24.3 Å². The molecule has 1 aromatic carbocycles. The zero-order valence-electron chi connectivity index (χ0n) is 9.98. The molecule has 0 radical (unpaired) electrons. The van der Waals surface area contributed by atoms with Gasteiger partial charge in [-0.05, 0) is 25.0 Å². The van der Waals surface area contributed by atoms with Crippen LogP contribution in [0, 0.1) is 0 Å². The molecule has 18 heavy (non-hydrogen) atoms. The Labute approximate surface area is 105 Å². The first-order valence-electron chi connectivity index (χ1n) is 6.15. The molecule has 3 nitrogen and oxygen atoms in total. The van der Waals surface area contributed by atoms with Crippen molar-refractivity contribution in [2.45, 2.75) is 44.4 Å². The number of benzene rings is 1. The summed E-state index contributed by atoms with van der Waals surface area (Å²) in [6.45, 7) is -2.84. The average Bonchev–Trinajstić information content (AvgIpc) is 2.34. The molecule has 0 saturated heterocycles. The lowest BCUT2D eigenvalue weighted by Crippen LogP contribution is -2.36. The van der Waals surface area contributed by atoms with Crippen LogP contribution in [0.15, 0.2) is 24.3 Å². The van der Waals surface area contributed by atoms with Gasteiger partial charge in [0.1, 0.15) is 5.75 Å². The Bertz CT molecular complexity index is 387. The number of ether oxygens (including phenoxy) is 1. The van der Waals surface area contributed by atoms with Gasteiger partial charge in [-0.3, -0.25) is 0 Å². The van der Waals surface area contributed by atoms with Crippen LogP contribution in [0.3, 0.4) is 0 Å². The van der Waals surface area contributed by atoms with Crippen molar-refractivity contribution in [1.29, 1.82) is 0 Å². The fourth-order valence-corrected chi connectivity index (χ4v) is 2.26. The third-order valence-corrected chi connectivity index (χ3v) is 3.17. The summed E-state index contributed by atoms with van der Waals surface area (Å²) in [6.07, 6.45) is 3.19. The number of para-hydroxylation sites is 2. The van der Waals surface area contributed by atoms with E-state index < -0.39 is 12.7 Å². The largest absolute Gasteiger partial charge is 0.433 e.